The van der Waals surface area contributed by atoms with Crippen LogP contribution >= 0.6 is 23.2 Å². The maximum absolute atomic E-state index is 12.2. The Kier molecular flexibility index (Phi) is 5.80. The average Bonchev–Trinajstić information content (AvgIpc) is 2.50. The first-order valence-electron chi connectivity index (χ1n) is 7.27. The molecule has 23 heavy (non-hydrogen) atoms. The number of amides is 1. The molecule has 1 heterocycles. The summed E-state index contributed by atoms with van der Waals surface area (Å²) in [7, 11) is 0. The van der Waals surface area contributed by atoms with Gasteiger partial charge in [-0.25, -0.2) is 9.97 Å². The number of hydrogen-bond donors (Lipinski definition) is 2. The van der Waals surface area contributed by atoms with Crippen molar-refractivity contribution >= 4 is 40.7 Å². The molecule has 0 saturated carbocycles. The normalized spacial score (nSPS) is 11.9. The van der Waals surface area contributed by atoms with Crippen LogP contribution in [0.1, 0.15) is 36.5 Å². The minimum absolute atomic E-state index is 0.0801. The van der Waals surface area contributed by atoms with Gasteiger partial charge in [-0.3, -0.25) is 4.79 Å². The highest BCUT2D eigenvalue weighted by Gasteiger charge is 2.13. The Hall–Kier alpha value is -1.85. The van der Waals surface area contributed by atoms with E-state index in [9.17, 15) is 4.79 Å². The summed E-state index contributed by atoms with van der Waals surface area (Å²) >= 11 is 12.1. The van der Waals surface area contributed by atoms with E-state index in [4.69, 9.17) is 23.2 Å². The third kappa shape index (κ3) is 4.81. The van der Waals surface area contributed by atoms with Gasteiger partial charge < -0.3 is 10.6 Å². The van der Waals surface area contributed by atoms with Crippen LogP contribution in [0.5, 0.6) is 0 Å². The van der Waals surface area contributed by atoms with Gasteiger partial charge in [-0.1, -0.05) is 30.1 Å². The lowest BCUT2D eigenvalue weighted by atomic mass is 10.2. The van der Waals surface area contributed by atoms with Gasteiger partial charge in [-0.2, -0.15) is 0 Å². The molecule has 0 aliphatic rings. The van der Waals surface area contributed by atoms with Crippen molar-refractivity contribution in [3.8, 4) is 0 Å². The summed E-state index contributed by atoms with van der Waals surface area (Å²) in [5.74, 6) is 0.0635. The van der Waals surface area contributed by atoms with Gasteiger partial charge in [0.2, 0.25) is 5.95 Å². The zero-order valence-corrected chi connectivity index (χ0v) is 14.7. The van der Waals surface area contributed by atoms with Crippen LogP contribution in [0.4, 0.5) is 11.6 Å². The molecule has 0 fully saturated rings. The second-order valence-corrected chi connectivity index (χ2v) is 6.09. The topological polar surface area (TPSA) is 66.9 Å². The summed E-state index contributed by atoms with van der Waals surface area (Å²) < 4.78 is 0. The minimum Gasteiger partial charge on any atom is -0.348 e. The molecule has 0 aliphatic heterocycles. The third-order valence-electron chi connectivity index (χ3n) is 3.25. The number of benzene rings is 1. The highest BCUT2D eigenvalue weighted by Crippen LogP contribution is 2.27. The van der Waals surface area contributed by atoms with Gasteiger partial charge in [0.1, 0.15) is 5.69 Å². The first-order chi connectivity index (χ1) is 10.9. The van der Waals surface area contributed by atoms with Crippen molar-refractivity contribution in [1.82, 2.24) is 15.3 Å². The van der Waals surface area contributed by atoms with Crippen LogP contribution in [0.15, 0.2) is 24.3 Å². The SMILES string of the molecule is CCC(C)NC(=O)c1cc(C)nc(Nc2cc(Cl)ccc2Cl)n1. The molecule has 0 radical (unpaired) electrons. The fourth-order valence-electron chi connectivity index (χ4n) is 1.85. The van der Waals surface area contributed by atoms with E-state index in [1.165, 1.54) is 0 Å². The highest BCUT2D eigenvalue weighted by atomic mass is 35.5. The maximum Gasteiger partial charge on any atom is 0.270 e. The lowest BCUT2D eigenvalue weighted by Crippen LogP contribution is -2.32. The molecule has 1 unspecified atom stereocenters. The van der Waals surface area contributed by atoms with E-state index >= 15 is 0 Å². The van der Waals surface area contributed by atoms with Crippen LogP contribution in [0.25, 0.3) is 0 Å². The number of halogens is 2. The molecule has 1 aromatic heterocycles. The van der Waals surface area contributed by atoms with Gasteiger partial charge in [0, 0.05) is 16.8 Å². The van der Waals surface area contributed by atoms with E-state index in [2.05, 4.69) is 20.6 Å². The molecular formula is C16H18Cl2N4O. The summed E-state index contributed by atoms with van der Waals surface area (Å²) in [6.07, 6.45) is 0.846. The number of carbonyl (C=O) groups is 1. The monoisotopic (exact) mass is 352 g/mol. The van der Waals surface area contributed by atoms with E-state index in [0.29, 0.717) is 33.1 Å². The number of aromatic nitrogens is 2. The van der Waals surface area contributed by atoms with Gasteiger partial charge >= 0.3 is 0 Å². The van der Waals surface area contributed by atoms with Crippen molar-refractivity contribution in [3.63, 3.8) is 0 Å². The van der Waals surface area contributed by atoms with Crippen LogP contribution in [0, 0.1) is 6.92 Å². The zero-order valence-electron chi connectivity index (χ0n) is 13.2. The predicted molar refractivity (Wildman–Crippen MR) is 93.7 cm³/mol. The molecule has 0 spiro atoms. The molecular weight excluding hydrogens is 335 g/mol. The van der Waals surface area contributed by atoms with Crippen molar-refractivity contribution < 1.29 is 4.79 Å². The zero-order chi connectivity index (χ0) is 17.0. The van der Waals surface area contributed by atoms with Crippen molar-refractivity contribution in [3.05, 3.63) is 45.7 Å². The van der Waals surface area contributed by atoms with E-state index in [0.717, 1.165) is 6.42 Å². The second-order valence-electron chi connectivity index (χ2n) is 5.25. The smallest absolute Gasteiger partial charge is 0.270 e. The van der Waals surface area contributed by atoms with E-state index in [1.807, 2.05) is 13.8 Å². The second kappa shape index (κ2) is 7.62. The van der Waals surface area contributed by atoms with E-state index in [-0.39, 0.29) is 11.9 Å². The van der Waals surface area contributed by atoms with Gasteiger partial charge in [-0.05, 0) is 44.5 Å². The quantitative estimate of drug-likeness (QED) is 0.838. The molecule has 1 atom stereocenters. The number of rotatable bonds is 5. The van der Waals surface area contributed by atoms with E-state index in [1.54, 1.807) is 31.2 Å². The molecule has 1 aromatic carbocycles. The standard InChI is InChI=1S/C16H18Cl2N4O/c1-4-9(2)19-15(23)14-7-10(3)20-16(22-14)21-13-8-11(17)5-6-12(13)18/h5-9H,4H2,1-3H3,(H,19,23)(H,20,21,22). The Morgan fingerprint density at radius 3 is 2.70 bits per heavy atom. The number of aryl methyl sites for hydroxylation is 1. The third-order valence-corrected chi connectivity index (χ3v) is 3.82. The lowest BCUT2D eigenvalue weighted by Gasteiger charge is -2.13. The van der Waals surface area contributed by atoms with Crippen LogP contribution in [0.2, 0.25) is 10.0 Å². The molecule has 0 saturated heterocycles. The molecule has 2 aromatic rings. The van der Waals surface area contributed by atoms with E-state index < -0.39 is 0 Å². The van der Waals surface area contributed by atoms with Gasteiger partial charge in [0.25, 0.3) is 5.91 Å². The molecule has 0 aliphatic carbocycles. The number of nitrogens with zero attached hydrogens (tertiary/aromatic N) is 2. The van der Waals surface area contributed by atoms with Crippen molar-refractivity contribution in [1.29, 1.82) is 0 Å². The molecule has 2 rings (SSSR count). The summed E-state index contributed by atoms with van der Waals surface area (Å²) in [4.78, 5) is 20.7. The minimum atomic E-state index is -0.231. The van der Waals surface area contributed by atoms with Crippen LogP contribution in [-0.4, -0.2) is 21.9 Å². The molecule has 0 bridgehead atoms. The fraction of sp³-hybridized carbons (Fsp3) is 0.312. The van der Waals surface area contributed by atoms with Gasteiger partial charge in [-0.15, -0.1) is 0 Å². The Morgan fingerprint density at radius 1 is 1.26 bits per heavy atom. The molecule has 122 valence electrons. The first-order valence-corrected chi connectivity index (χ1v) is 8.03. The van der Waals surface area contributed by atoms with Crippen molar-refractivity contribution in [2.24, 2.45) is 0 Å². The van der Waals surface area contributed by atoms with Crippen LogP contribution in [-0.2, 0) is 0 Å². The number of hydrogen-bond acceptors (Lipinski definition) is 4. The fourth-order valence-corrected chi connectivity index (χ4v) is 2.19. The summed E-state index contributed by atoms with van der Waals surface area (Å²) in [5.41, 5.74) is 1.56. The van der Waals surface area contributed by atoms with Crippen LogP contribution in [0.3, 0.4) is 0 Å². The molecule has 5 nitrogen and oxygen atoms in total. The summed E-state index contributed by atoms with van der Waals surface area (Å²) in [6.45, 7) is 5.74. The van der Waals surface area contributed by atoms with Crippen LogP contribution < -0.4 is 10.6 Å². The summed E-state index contributed by atoms with van der Waals surface area (Å²) in [6, 6.07) is 6.77. The molecule has 2 N–H and O–H groups in total. The Labute approximate surface area is 145 Å². The maximum atomic E-state index is 12.2. The van der Waals surface area contributed by atoms with Gasteiger partial charge in [0.05, 0.1) is 10.7 Å². The number of nitrogens with one attached hydrogen (secondary N) is 2. The first kappa shape index (κ1) is 17.5. The highest BCUT2D eigenvalue weighted by molar-refractivity contribution is 6.35. The molecule has 1 amide bonds. The molecule has 7 heteroatoms. The Balaban J connectivity index is 2.26. The largest absolute Gasteiger partial charge is 0.348 e. The number of carbonyl (C=O) groups excluding carboxylic acids is 1. The van der Waals surface area contributed by atoms with Crippen molar-refractivity contribution in [2.45, 2.75) is 33.2 Å². The summed E-state index contributed by atoms with van der Waals surface area (Å²) in [5, 5.41) is 6.91. The average molecular weight is 353 g/mol. The Morgan fingerprint density at radius 2 is 2.00 bits per heavy atom. The Bertz CT molecular complexity index is 721. The number of anilines is 2. The lowest BCUT2D eigenvalue weighted by molar-refractivity contribution is 0.0934. The van der Waals surface area contributed by atoms with Gasteiger partial charge in [0.15, 0.2) is 0 Å². The van der Waals surface area contributed by atoms with Crippen molar-refractivity contribution in [2.75, 3.05) is 5.32 Å². The predicted octanol–water partition coefficient (Wildman–Crippen LogP) is 4.36.